The zero-order chi connectivity index (χ0) is 26.5. The van der Waals surface area contributed by atoms with Crippen molar-refractivity contribution in [2.75, 3.05) is 0 Å². The molecule has 0 saturated heterocycles. The molecule has 0 aliphatic heterocycles. The quantitative estimate of drug-likeness (QED) is 0.126. The summed E-state index contributed by atoms with van der Waals surface area (Å²) < 4.78 is 65.1. The van der Waals surface area contributed by atoms with Crippen LogP contribution in [-0.2, 0) is 22.5 Å². The molecule has 1 aliphatic rings. The molecular weight excluding hydrogens is 541 g/mol. The molecule has 5 radical (unpaired) electrons. The van der Waals surface area contributed by atoms with Crippen molar-refractivity contribution in [3.8, 4) is 11.5 Å². The molecule has 0 unspecified atom stereocenters. The van der Waals surface area contributed by atoms with E-state index in [1.807, 2.05) is 92.8 Å². The van der Waals surface area contributed by atoms with E-state index in [4.69, 9.17) is 4.74 Å². The number of benzene rings is 2. The van der Waals surface area contributed by atoms with Crippen molar-refractivity contribution in [3.63, 3.8) is 0 Å². The van der Waals surface area contributed by atoms with Crippen LogP contribution in [0.25, 0.3) is 0 Å². The van der Waals surface area contributed by atoms with Crippen LogP contribution >= 0.6 is 7.81 Å². The van der Waals surface area contributed by atoms with Gasteiger partial charge in [-0.05, 0) is 81.2 Å². The van der Waals surface area contributed by atoms with Crippen molar-refractivity contribution in [2.24, 2.45) is 0 Å². The summed E-state index contributed by atoms with van der Waals surface area (Å²) in [6.07, 6.45) is 18.6. The molecule has 1 saturated carbocycles. The Labute approximate surface area is 221 Å². The maximum atomic E-state index is 9.87. The number of para-hydroxylation sites is 1. The fourth-order valence-corrected chi connectivity index (χ4v) is 3.25. The largest absolute Gasteiger partial charge is 0.0312 e. The Morgan fingerprint density at radius 3 is 1.28 bits per heavy atom. The molecule has 9 heteroatoms. The molecule has 1 fully saturated rings. The third kappa shape index (κ3) is 16.6. The summed E-state index contributed by atoms with van der Waals surface area (Å²) >= 11 is 0. The van der Waals surface area contributed by atoms with Gasteiger partial charge in [0.05, 0.1) is 0 Å². The first-order valence-electron chi connectivity index (χ1n) is 10.6. The number of hydrogen-bond donors (Lipinski definition) is 0. The number of allylic oxidation sites excluding steroid dienone is 3. The van der Waals surface area contributed by atoms with Crippen molar-refractivity contribution in [3.05, 3.63) is 130 Å². The van der Waals surface area contributed by atoms with E-state index in [0.29, 0.717) is 0 Å². The fraction of sp³-hybridized carbons (Fsp3) is 0.148. The van der Waals surface area contributed by atoms with Crippen LogP contribution in [0.2, 0.25) is 0 Å². The summed E-state index contributed by atoms with van der Waals surface area (Å²) in [5, 5.41) is 0. The Morgan fingerprint density at radius 1 is 0.611 bits per heavy atom. The van der Waals surface area contributed by atoms with Crippen LogP contribution in [0.15, 0.2) is 92.6 Å². The molecule has 2 aromatic rings. The molecular formula is C27H29F6FeOP-. The summed E-state index contributed by atoms with van der Waals surface area (Å²) in [4.78, 5) is 0. The van der Waals surface area contributed by atoms with Crippen LogP contribution in [0.1, 0.15) is 24.8 Å². The first kappa shape index (κ1) is 34.0. The number of rotatable bonds is 9. The van der Waals surface area contributed by atoms with Gasteiger partial charge in [0.2, 0.25) is 0 Å². The van der Waals surface area contributed by atoms with Crippen LogP contribution < -0.4 is 4.74 Å². The minimum Gasteiger partial charge on any atom is -0.0312 e. The molecule has 1 aliphatic carbocycles. The monoisotopic (exact) mass is 570 g/mol. The van der Waals surface area contributed by atoms with E-state index in [0.717, 1.165) is 30.8 Å². The maximum Gasteiger partial charge on any atom is 0 e. The summed E-state index contributed by atoms with van der Waals surface area (Å²) in [6, 6.07) is 18.1. The van der Waals surface area contributed by atoms with E-state index in [9.17, 15) is 25.2 Å². The zero-order valence-corrected chi connectivity index (χ0v) is 21.5. The first-order valence-corrected chi connectivity index (χ1v) is 12.6. The molecule has 0 heterocycles. The van der Waals surface area contributed by atoms with Gasteiger partial charge in [0.25, 0.3) is 0 Å². The van der Waals surface area contributed by atoms with Crippen LogP contribution in [-0.4, -0.2) is 0 Å². The van der Waals surface area contributed by atoms with E-state index < -0.39 is 7.81 Å². The second kappa shape index (κ2) is 14.1. The summed E-state index contributed by atoms with van der Waals surface area (Å²) in [5.41, 5.74) is 1.24. The van der Waals surface area contributed by atoms with Gasteiger partial charge >= 0.3 is 33.0 Å². The summed E-state index contributed by atoms with van der Waals surface area (Å²) in [5.74, 6) is 1.68. The second-order valence-corrected chi connectivity index (χ2v) is 9.54. The van der Waals surface area contributed by atoms with Crippen molar-refractivity contribution in [1.29, 1.82) is 0 Å². The Bertz CT molecular complexity index is 879. The molecule has 3 rings (SSSR count). The Kier molecular flexibility index (Phi) is 13.3. The molecule has 0 N–H and O–H groups in total. The van der Waals surface area contributed by atoms with Gasteiger partial charge in [0.15, 0.2) is 0 Å². The molecule has 1 nitrogen and oxygen atoms in total. The summed E-state index contributed by atoms with van der Waals surface area (Å²) in [7, 11) is -10.7. The van der Waals surface area contributed by atoms with Crippen molar-refractivity contribution in [1.82, 2.24) is 0 Å². The Balaban J connectivity index is 0.000000775. The number of halogens is 6. The smallest absolute Gasteiger partial charge is 0 e. The first-order chi connectivity index (χ1) is 16.2. The topological polar surface area (TPSA) is 9.23 Å². The molecule has 2 aromatic carbocycles. The van der Waals surface area contributed by atoms with Crippen molar-refractivity contribution < 1.29 is 47.0 Å². The van der Waals surface area contributed by atoms with Crippen LogP contribution in [0, 0.1) is 32.1 Å². The van der Waals surface area contributed by atoms with Gasteiger partial charge in [-0.1, -0.05) is 48.6 Å². The fourth-order valence-electron chi connectivity index (χ4n) is 3.25. The van der Waals surface area contributed by atoms with Gasteiger partial charge < -0.3 is 4.74 Å². The van der Waals surface area contributed by atoms with Crippen molar-refractivity contribution >= 4 is 7.81 Å². The molecule has 0 aromatic heterocycles. The van der Waals surface area contributed by atoms with E-state index in [-0.39, 0.29) is 22.5 Å². The molecule has 0 amide bonds. The average Bonchev–Trinajstić information content (AvgIpc) is 3.34. The van der Waals surface area contributed by atoms with E-state index in [2.05, 4.69) is 31.9 Å². The average molecular weight is 570 g/mol. The van der Waals surface area contributed by atoms with Gasteiger partial charge in [-0.25, -0.2) is 0 Å². The second-order valence-electron chi connectivity index (χ2n) is 7.62. The third-order valence-corrected chi connectivity index (χ3v) is 4.61. The summed E-state index contributed by atoms with van der Waals surface area (Å²) in [6.45, 7) is 11.7. The Hall–Kier alpha value is -2.01. The molecule has 199 valence electrons. The zero-order valence-electron chi connectivity index (χ0n) is 19.5. The van der Waals surface area contributed by atoms with Gasteiger partial charge in [-0.3, -0.25) is 0 Å². The van der Waals surface area contributed by atoms with E-state index in [1.165, 1.54) is 5.56 Å². The molecule has 0 bridgehead atoms. The van der Waals surface area contributed by atoms with E-state index in [1.54, 1.807) is 0 Å². The van der Waals surface area contributed by atoms with Crippen LogP contribution in [0.3, 0.4) is 0 Å². The Morgan fingerprint density at radius 2 is 0.944 bits per heavy atom. The minimum atomic E-state index is -10.7. The predicted octanol–water partition coefficient (Wildman–Crippen LogP) is 10.8. The predicted molar refractivity (Wildman–Crippen MR) is 134 cm³/mol. The van der Waals surface area contributed by atoms with Crippen molar-refractivity contribution in [2.45, 2.75) is 24.7 Å². The normalized spacial score (nSPS) is 14.7. The van der Waals surface area contributed by atoms with Crippen LogP contribution in [0.4, 0.5) is 25.2 Å². The van der Waals surface area contributed by atoms with Crippen LogP contribution in [0.5, 0.6) is 11.5 Å². The van der Waals surface area contributed by atoms with Gasteiger partial charge in [0, 0.05) is 22.5 Å². The standard InChI is InChI=1S/C22H24O.C5H5.F6P.Fe/c1-4-16-22(17-5-2,18-6-3)19-12-14-21(15-13-19)23-20-10-8-7-9-11-20;1-2-4-5-3-1;1-7(2,3,4,5)6;/h4-15H,1-3,16-18H2;1-5H;;/q;;-1;. The van der Waals surface area contributed by atoms with E-state index >= 15 is 0 Å². The minimum absolute atomic E-state index is 0. The molecule has 0 spiro atoms. The van der Waals surface area contributed by atoms with Gasteiger partial charge in [0.1, 0.15) is 11.5 Å². The molecule has 0 atom stereocenters. The number of ether oxygens (including phenoxy) is 1. The third-order valence-electron chi connectivity index (χ3n) is 4.61. The SMILES string of the molecule is C=CCC(CC=C)(CC=C)c1ccc(Oc2ccccc2)cc1.F[P-](F)(F)(F)(F)F.[CH]1[CH][CH][CH][CH]1.[Fe]. The van der Waals surface area contributed by atoms with Gasteiger partial charge in [-0.15, -0.1) is 19.7 Å². The molecule has 36 heavy (non-hydrogen) atoms. The van der Waals surface area contributed by atoms with Gasteiger partial charge in [-0.2, -0.15) is 0 Å². The number of hydrogen-bond acceptors (Lipinski definition) is 1. The maximum absolute atomic E-state index is 10.7.